The summed E-state index contributed by atoms with van der Waals surface area (Å²) in [5.74, 6) is -0.567. The second kappa shape index (κ2) is 3.68. The van der Waals surface area contributed by atoms with Crippen LogP contribution in [0.4, 0.5) is 0 Å². The summed E-state index contributed by atoms with van der Waals surface area (Å²) in [5.41, 5.74) is 5.92. The van der Waals surface area contributed by atoms with Crippen molar-refractivity contribution in [2.75, 3.05) is 0 Å². The van der Waals surface area contributed by atoms with Crippen molar-refractivity contribution in [3.8, 4) is 0 Å². The molecule has 0 aliphatic carbocycles. The van der Waals surface area contributed by atoms with Gasteiger partial charge >= 0.3 is 0 Å². The van der Waals surface area contributed by atoms with Gasteiger partial charge in [0, 0.05) is 5.39 Å². The average Bonchev–Trinajstić information content (AvgIpc) is 2.19. The summed E-state index contributed by atoms with van der Waals surface area (Å²) >= 11 is 11.7. The zero-order valence-corrected chi connectivity index (χ0v) is 9.01. The van der Waals surface area contributed by atoms with Crippen molar-refractivity contribution in [3.05, 3.63) is 40.0 Å². The number of amides is 1. The summed E-state index contributed by atoms with van der Waals surface area (Å²) in [5, 5.41) is 1.67. The molecule has 1 amide bonds. The van der Waals surface area contributed by atoms with Crippen LogP contribution >= 0.6 is 23.2 Å². The lowest BCUT2D eigenvalue weighted by atomic mass is 10.2. The normalized spacial score (nSPS) is 10.5. The van der Waals surface area contributed by atoms with E-state index in [2.05, 4.69) is 4.98 Å². The maximum atomic E-state index is 10.9. The molecule has 0 radical (unpaired) electrons. The van der Waals surface area contributed by atoms with E-state index in [1.54, 1.807) is 24.3 Å². The van der Waals surface area contributed by atoms with Crippen LogP contribution in [0.5, 0.6) is 0 Å². The molecule has 0 fully saturated rings. The van der Waals surface area contributed by atoms with E-state index < -0.39 is 5.91 Å². The number of nitrogens with two attached hydrogens (primary N) is 1. The van der Waals surface area contributed by atoms with Gasteiger partial charge in [-0.25, -0.2) is 4.98 Å². The van der Waals surface area contributed by atoms with Crippen LogP contribution in [0.2, 0.25) is 10.0 Å². The molecule has 1 heterocycles. The Balaban J connectivity index is 2.72. The molecule has 0 spiro atoms. The van der Waals surface area contributed by atoms with Crippen molar-refractivity contribution in [2.45, 2.75) is 0 Å². The number of hydrogen-bond acceptors (Lipinski definition) is 2. The van der Waals surface area contributed by atoms with Gasteiger partial charge in [-0.1, -0.05) is 29.3 Å². The van der Waals surface area contributed by atoms with Crippen LogP contribution in [0.3, 0.4) is 0 Å². The highest BCUT2D eigenvalue weighted by atomic mass is 35.5. The molecule has 2 aromatic rings. The molecule has 1 aromatic heterocycles. The molecule has 0 aliphatic heterocycles. The lowest BCUT2D eigenvalue weighted by molar-refractivity contribution is 0.0996. The third-order valence-corrected chi connectivity index (χ3v) is 2.71. The fourth-order valence-corrected chi connectivity index (χ4v) is 1.59. The Morgan fingerprint density at radius 2 is 1.87 bits per heavy atom. The molecule has 76 valence electrons. The summed E-state index contributed by atoms with van der Waals surface area (Å²) in [7, 11) is 0. The number of primary amides is 1. The summed E-state index contributed by atoms with van der Waals surface area (Å²) in [6.45, 7) is 0. The summed E-state index contributed by atoms with van der Waals surface area (Å²) in [6, 6.07) is 6.57. The van der Waals surface area contributed by atoms with Gasteiger partial charge in [-0.2, -0.15) is 0 Å². The number of hydrogen-bond donors (Lipinski definition) is 1. The summed E-state index contributed by atoms with van der Waals surface area (Å²) in [6.07, 6.45) is 0. The molecule has 0 unspecified atom stereocenters. The van der Waals surface area contributed by atoms with Crippen LogP contribution in [-0.4, -0.2) is 10.9 Å². The van der Waals surface area contributed by atoms with E-state index in [4.69, 9.17) is 28.9 Å². The highest BCUT2D eigenvalue weighted by Crippen LogP contribution is 2.26. The lowest BCUT2D eigenvalue weighted by Gasteiger charge is -2.01. The first kappa shape index (κ1) is 10.2. The predicted octanol–water partition coefficient (Wildman–Crippen LogP) is 2.64. The van der Waals surface area contributed by atoms with E-state index in [0.717, 1.165) is 5.39 Å². The number of nitrogens with zero attached hydrogens (tertiary/aromatic N) is 1. The fraction of sp³-hybridized carbons (Fsp3) is 0. The van der Waals surface area contributed by atoms with E-state index in [1.807, 2.05) is 0 Å². The second-order valence-corrected chi connectivity index (χ2v) is 3.83. The largest absolute Gasteiger partial charge is 0.364 e. The van der Waals surface area contributed by atoms with Crippen molar-refractivity contribution in [3.63, 3.8) is 0 Å². The van der Waals surface area contributed by atoms with Crippen molar-refractivity contribution >= 4 is 40.0 Å². The van der Waals surface area contributed by atoms with Gasteiger partial charge in [0.15, 0.2) is 0 Å². The maximum Gasteiger partial charge on any atom is 0.267 e. The van der Waals surface area contributed by atoms with E-state index in [9.17, 15) is 4.79 Å². The Morgan fingerprint density at radius 1 is 1.20 bits per heavy atom. The van der Waals surface area contributed by atoms with Gasteiger partial charge in [-0.05, 0) is 18.2 Å². The SMILES string of the molecule is NC(=O)c1ccc2cc(Cl)c(Cl)cc2n1. The third kappa shape index (κ3) is 1.89. The van der Waals surface area contributed by atoms with E-state index in [1.165, 1.54) is 0 Å². The highest BCUT2D eigenvalue weighted by Gasteiger charge is 2.06. The van der Waals surface area contributed by atoms with Crippen LogP contribution in [0, 0.1) is 0 Å². The number of carbonyl (C=O) groups is 1. The fourth-order valence-electron chi connectivity index (χ4n) is 1.26. The van der Waals surface area contributed by atoms with Gasteiger partial charge < -0.3 is 5.73 Å². The van der Waals surface area contributed by atoms with E-state index in [-0.39, 0.29) is 5.69 Å². The number of carbonyl (C=O) groups excluding carboxylic acids is 1. The number of aromatic nitrogens is 1. The third-order valence-electron chi connectivity index (χ3n) is 1.98. The van der Waals surface area contributed by atoms with Crippen LogP contribution in [0.15, 0.2) is 24.3 Å². The first-order valence-corrected chi connectivity index (χ1v) is 4.89. The maximum absolute atomic E-state index is 10.9. The van der Waals surface area contributed by atoms with Crippen LogP contribution in [0.25, 0.3) is 10.9 Å². The topological polar surface area (TPSA) is 56.0 Å². The standard InChI is InChI=1S/C10H6Cl2N2O/c11-6-3-5-1-2-8(10(13)15)14-9(5)4-7(6)12/h1-4H,(H2,13,15). The minimum atomic E-state index is -0.567. The predicted molar refractivity (Wildman–Crippen MR) is 60.3 cm³/mol. The average molecular weight is 241 g/mol. The Labute approximate surface area is 95.8 Å². The molecule has 3 nitrogen and oxygen atoms in total. The molecule has 1 aromatic carbocycles. The molecule has 15 heavy (non-hydrogen) atoms. The highest BCUT2D eigenvalue weighted by molar-refractivity contribution is 6.42. The van der Waals surface area contributed by atoms with Crippen LogP contribution < -0.4 is 5.73 Å². The lowest BCUT2D eigenvalue weighted by Crippen LogP contribution is -2.12. The van der Waals surface area contributed by atoms with Gasteiger partial charge in [-0.15, -0.1) is 0 Å². The van der Waals surface area contributed by atoms with Crippen LogP contribution in [-0.2, 0) is 0 Å². The molecular weight excluding hydrogens is 235 g/mol. The van der Waals surface area contributed by atoms with Gasteiger partial charge in [0.2, 0.25) is 0 Å². The zero-order chi connectivity index (χ0) is 11.0. The van der Waals surface area contributed by atoms with Gasteiger partial charge in [0.25, 0.3) is 5.91 Å². The van der Waals surface area contributed by atoms with Gasteiger partial charge in [-0.3, -0.25) is 4.79 Å². The summed E-state index contributed by atoms with van der Waals surface area (Å²) in [4.78, 5) is 15.0. The quantitative estimate of drug-likeness (QED) is 0.834. The van der Waals surface area contributed by atoms with E-state index >= 15 is 0 Å². The van der Waals surface area contributed by atoms with E-state index in [0.29, 0.717) is 15.6 Å². The Morgan fingerprint density at radius 3 is 2.53 bits per heavy atom. The molecule has 0 bridgehead atoms. The number of halogens is 2. The molecule has 0 aliphatic rings. The first-order chi connectivity index (χ1) is 7.08. The minimum Gasteiger partial charge on any atom is -0.364 e. The van der Waals surface area contributed by atoms with Crippen molar-refractivity contribution < 1.29 is 4.79 Å². The van der Waals surface area contributed by atoms with Crippen molar-refractivity contribution in [2.24, 2.45) is 5.73 Å². The van der Waals surface area contributed by atoms with Gasteiger partial charge in [0.1, 0.15) is 5.69 Å². The molecular formula is C10H6Cl2N2O. The van der Waals surface area contributed by atoms with Crippen molar-refractivity contribution in [1.82, 2.24) is 4.98 Å². The second-order valence-electron chi connectivity index (χ2n) is 3.02. The first-order valence-electron chi connectivity index (χ1n) is 4.13. The van der Waals surface area contributed by atoms with Crippen molar-refractivity contribution in [1.29, 1.82) is 0 Å². The number of fused-ring (bicyclic) bond motifs is 1. The molecule has 0 saturated carbocycles. The number of pyridine rings is 1. The molecule has 5 heteroatoms. The molecule has 0 atom stereocenters. The molecule has 0 saturated heterocycles. The van der Waals surface area contributed by atoms with Crippen LogP contribution in [0.1, 0.15) is 10.5 Å². The number of benzene rings is 1. The zero-order valence-electron chi connectivity index (χ0n) is 7.50. The minimum absolute atomic E-state index is 0.209. The van der Waals surface area contributed by atoms with Gasteiger partial charge in [0.05, 0.1) is 15.6 Å². The summed E-state index contributed by atoms with van der Waals surface area (Å²) < 4.78 is 0. The number of rotatable bonds is 1. The Bertz CT molecular complexity index is 554. The monoisotopic (exact) mass is 240 g/mol. The molecule has 2 rings (SSSR count). The molecule has 2 N–H and O–H groups in total. The Kier molecular flexibility index (Phi) is 2.50. The Hall–Kier alpha value is -1.32. The smallest absolute Gasteiger partial charge is 0.267 e.